The van der Waals surface area contributed by atoms with Gasteiger partial charge in [0.25, 0.3) is 0 Å². The van der Waals surface area contributed by atoms with E-state index < -0.39 is 27.7 Å². The molecule has 0 fully saturated rings. The summed E-state index contributed by atoms with van der Waals surface area (Å²) in [6.07, 6.45) is 2.21. The van der Waals surface area contributed by atoms with Crippen molar-refractivity contribution in [1.82, 2.24) is 10.2 Å². The third-order valence-electron chi connectivity index (χ3n) is 6.20. The zero-order valence-electron chi connectivity index (χ0n) is 22.1. The summed E-state index contributed by atoms with van der Waals surface area (Å²) >= 11 is 0. The van der Waals surface area contributed by atoms with E-state index in [2.05, 4.69) is 5.32 Å². The number of sulfonamides is 1. The highest BCUT2D eigenvalue weighted by atomic mass is 32.2. The normalized spacial score (nSPS) is 13.1. The van der Waals surface area contributed by atoms with E-state index in [1.807, 2.05) is 52.0 Å². The topological polar surface area (TPSA) is 86.8 Å². The van der Waals surface area contributed by atoms with E-state index in [0.717, 1.165) is 40.2 Å². The molecule has 2 rings (SSSR count). The number of benzene rings is 2. The van der Waals surface area contributed by atoms with E-state index in [4.69, 9.17) is 0 Å². The predicted octanol–water partition coefficient (Wildman–Crippen LogP) is 4.54. The molecule has 0 saturated carbocycles. The maximum Gasteiger partial charge on any atom is 0.243 e. The Hall–Kier alpha value is -3.01. The molecule has 0 heterocycles. The zero-order chi connectivity index (χ0) is 27.8. The molecule has 2 aromatic rings. The van der Waals surface area contributed by atoms with Crippen LogP contribution in [0.1, 0.15) is 57.6 Å². The Morgan fingerprint density at radius 2 is 1.65 bits per heavy atom. The lowest BCUT2D eigenvalue weighted by atomic mass is 10.1. The molecule has 0 saturated heterocycles. The molecule has 0 aliphatic carbocycles. The van der Waals surface area contributed by atoms with E-state index in [1.165, 1.54) is 11.0 Å². The maximum absolute atomic E-state index is 13.7. The van der Waals surface area contributed by atoms with E-state index in [9.17, 15) is 26.8 Å². The Kier molecular flexibility index (Phi) is 11.0. The summed E-state index contributed by atoms with van der Waals surface area (Å²) in [6.45, 7) is 7.78. The third-order valence-corrected chi connectivity index (χ3v) is 7.40. The molecule has 2 amide bonds. The number of nitrogens with one attached hydrogen (secondary N) is 1. The largest absolute Gasteiger partial charge is 0.352 e. The van der Waals surface area contributed by atoms with Crippen molar-refractivity contribution in [3.63, 3.8) is 0 Å². The number of rotatable bonds is 13. The highest BCUT2D eigenvalue weighted by Gasteiger charge is 2.29. The van der Waals surface area contributed by atoms with Gasteiger partial charge in [0.2, 0.25) is 21.8 Å². The van der Waals surface area contributed by atoms with Gasteiger partial charge in [-0.05, 0) is 50.8 Å². The Labute approximate surface area is 218 Å². The quantitative estimate of drug-likeness (QED) is 0.406. The second kappa shape index (κ2) is 13.5. The summed E-state index contributed by atoms with van der Waals surface area (Å²) in [5.74, 6) is -2.78. The first kappa shape index (κ1) is 30.2. The molecule has 0 radical (unpaired) electrons. The van der Waals surface area contributed by atoms with Crippen LogP contribution in [0.3, 0.4) is 0 Å². The van der Waals surface area contributed by atoms with Gasteiger partial charge in [-0.3, -0.25) is 13.9 Å². The van der Waals surface area contributed by atoms with E-state index >= 15 is 0 Å². The lowest BCUT2D eigenvalue weighted by Crippen LogP contribution is -2.50. The third kappa shape index (κ3) is 8.80. The van der Waals surface area contributed by atoms with Crippen molar-refractivity contribution in [1.29, 1.82) is 0 Å². The molecule has 7 nitrogen and oxygen atoms in total. The molecule has 37 heavy (non-hydrogen) atoms. The molecular formula is C27H37F2N3O4S. The minimum Gasteiger partial charge on any atom is -0.352 e. The minimum absolute atomic E-state index is 0.0234. The molecule has 0 aliphatic rings. The van der Waals surface area contributed by atoms with Crippen LogP contribution in [0.25, 0.3) is 0 Å². The van der Waals surface area contributed by atoms with Crippen LogP contribution in [0.2, 0.25) is 0 Å². The van der Waals surface area contributed by atoms with Crippen LogP contribution in [-0.4, -0.2) is 50.0 Å². The lowest BCUT2D eigenvalue weighted by Gasteiger charge is -2.32. The number of amides is 2. The fraction of sp³-hybridized carbons (Fsp3) is 0.481. The van der Waals surface area contributed by atoms with Crippen LogP contribution in [0.4, 0.5) is 14.5 Å². The highest BCUT2D eigenvalue weighted by Crippen LogP contribution is 2.22. The number of aryl methyl sites for hydroxylation is 1. The number of carbonyl (C=O) groups is 2. The molecule has 0 aliphatic heterocycles. The van der Waals surface area contributed by atoms with Gasteiger partial charge in [-0.1, -0.05) is 43.7 Å². The van der Waals surface area contributed by atoms with Crippen LogP contribution in [0, 0.1) is 18.6 Å². The predicted molar refractivity (Wildman–Crippen MR) is 141 cm³/mol. The van der Waals surface area contributed by atoms with Crippen LogP contribution in [-0.2, 0) is 26.2 Å². The van der Waals surface area contributed by atoms with Gasteiger partial charge in [0.05, 0.1) is 11.9 Å². The fourth-order valence-corrected chi connectivity index (χ4v) is 4.85. The molecule has 0 bridgehead atoms. The first-order valence-corrected chi connectivity index (χ1v) is 14.3. The standard InChI is InChI=1S/C27H37F2N3O4S/c1-6-20(4)30-27(34)25(7-2)31(18-21-12-10-19(3)11-13-21)26(33)9-8-16-32(37(5,35)36)22-14-15-23(28)24(29)17-22/h10-15,17,20,25H,6-9,16,18H2,1-5H3,(H,30,34). The first-order valence-electron chi connectivity index (χ1n) is 12.5. The van der Waals surface area contributed by atoms with Crippen molar-refractivity contribution in [3.05, 3.63) is 65.2 Å². The number of hydrogen-bond donors (Lipinski definition) is 1. The van der Waals surface area contributed by atoms with Gasteiger partial charge in [0, 0.05) is 31.6 Å². The number of anilines is 1. The number of halogens is 2. The van der Waals surface area contributed by atoms with Crippen molar-refractivity contribution in [3.8, 4) is 0 Å². The number of nitrogens with zero attached hydrogens (tertiary/aromatic N) is 2. The van der Waals surface area contributed by atoms with Crippen LogP contribution in [0.5, 0.6) is 0 Å². The number of carbonyl (C=O) groups excluding carboxylic acids is 2. The Bertz CT molecular complexity index is 1170. The van der Waals surface area contributed by atoms with Gasteiger partial charge in [0.1, 0.15) is 6.04 Å². The van der Waals surface area contributed by atoms with E-state index in [-0.39, 0.29) is 49.5 Å². The molecule has 2 atom stereocenters. The maximum atomic E-state index is 13.7. The molecule has 204 valence electrons. The first-order chi connectivity index (χ1) is 17.4. The molecule has 1 N–H and O–H groups in total. The Morgan fingerprint density at radius 3 is 2.19 bits per heavy atom. The smallest absolute Gasteiger partial charge is 0.243 e. The molecule has 10 heteroatoms. The average Bonchev–Trinajstić information content (AvgIpc) is 2.83. The summed E-state index contributed by atoms with van der Waals surface area (Å²) in [7, 11) is -3.81. The van der Waals surface area contributed by atoms with Crippen molar-refractivity contribution < 1.29 is 26.8 Å². The average molecular weight is 538 g/mol. The Morgan fingerprint density at radius 1 is 1.00 bits per heavy atom. The minimum atomic E-state index is -3.81. The van der Waals surface area contributed by atoms with Gasteiger partial charge in [-0.25, -0.2) is 17.2 Å². The van der Waals surface area contributed by atoms with Crippen LogP contribution >= 0.6 is 0 Å². The summed E-state index contributed by atoms with van der Waals surface area (Å²) in [5.41, 5.74) is 1.92. The van der Waals surface area contributed by atoms with Crippen LogP contribution in [0.15, 0.2) is 42.5 Å². The van der Waals surface area contributed by atoms with E-state index in [0.29, 0.717) is 6.42 Å². The molecular weight excluding hydrogens is 500 g/mol. The summed E-state index contributed by atoms with van der Waals surface area (Å²) in [5, 5.41) is 2.95. The lowest BCUT2D eigenvalue weighted by molar-refractivity contribution is -0.141. The van der Waals surface area contributed by atoms with Crippen molar-refractivity contribution in [2.75, 3.05) is 17.1 Å². The van der Waals surface area contributed by atoms with Gasteiger partial charge >= 0.3 is 0 Å². The SMILES string of the molecule is CCC(C)NC(=O)C(CC)N(Cc1ccc(C)cc1)C(=O)CCCN(c1ccc(F)c(F)c1)S(C)(=O)=O. The van der Waals surface area contributed by atoms with Crippen molar-refractivity contribution in [2.45, 2.75) is 72.0 Å². The Balaban J connectivity index is 2.23. The summed E-state index contributed by atoms with van der Waals surface area (Å²) in [4.78, 5) is 28.0. The van der Waals surface area contributed by atoms with Crippen LogP contribution < -0.4 is 9.62 Å². The van der Waals surface area contributed by atoms with Crippen molar-refractivity contribution >= 4 is 27.5 Å². The second-order valence-corrected chi connectivity index (χ2v) is 11.2. The zero-order valence-corrected chi connectivity index (χ0v) is 22.9. The van der Waals surface area contributed by atoms with Gasteiger partial charge in [-0.2, -0.15) is 0 Å². The molecule has 2 unspecified atom stereocenters. The van der Waals surface area contributed by atoms with E-state index in [1.54, 1.807) is 0 Å². The van der Waals surface area contributed by atoms with Gasteiger partial charge in [0.15, 0.2) is 11.6 Å². The highest BCUT2D eigenvalue weighted by molar-refractivity contribution is 7.92. The van der Waals surface area contributed by atoms with Crippen molar-refractivity contribution in [2.24, 2.45) is 0 Å². The second-order valence-electron chi connectivity index (χ2n) is 9.29. The molecule has 0 aromatic heterocycles. The molecule has 2 aromatic carbocycles. The monoisotopic (exact) mass is 537 g/mol. The van der Waals surface area contributed by atoms with Gasteiger partial charge in [-0.15, -0.1) is 0 Å². The number of hydrogen-bond acceptors (Lipinski definition) is 4. The van der Waals surface area contributed by atoms with Gasteiger partial charge < -0.3 is 10.2 Å². The summed E-state index contributed by atoms with van der Waals surface area (Å²) < 4.78 is 52.7. The molecule has 0 spiro atoms. The fourth-order valence-electron chi connectivity index (χ4n) is 3.89. The summed E-state index contributed by atoms with van der Waals surface area (Å²) in [6, 6.07) is 9.79.